The lowest BCUT2D eigenvalue weighted by Crippen LogP contribution is -2.44. The fourth-order valence-corrected chi connectivity index (χ4v) is 3.67. The Morgan fingerprint density at radius 2 is 2.16 bits per heavy atom. The summed E-state index contributed by atoms with van der Waals surface area (Å²) in [5.41, 5.74) is 0.539. The van der Waals surface area contributed by atoms with Crippen molar-refractivity contribution in [2.45, 2.75) is 37.8 Å². The second-order valence-corrected chi connectivity index (χ2v) is 8.93. The monoisotopic (exact) mass is 503 g/mol. The van der Waals surface area contributed by atoms with Gasteiger partial charge in [-0.3, -0.25) is 4.99 Å². The van der Waals surface area contributed by atoms with Crippen molar-refractivity contribution in [1.29, 1.82) is 0 Å². The largest absolute Gasteiger partial charge is 0.354 e. The zero-order valence-electron chi connectivity index (χ0n) is 14.4. The Labute approximate surface area is 170 Å². The van der Waals surface area contributed by atoms with Crippen molar-refractivity contribution in [1.82, 2.24) is 10.6 Å². The zero-order chi connectivity index (χ0) is 17.9. The third kappa shape index (κ3) is 6.90. The van der Waals surface area contributed by atoms with E-state index < -0.39 is 9.84 Å². The summed E-state index contributed by atoms with van der Waals surface area (Å²) in [6.45, 7) is 1.90. The third-order valence-electron chi connectivity index (χ3n) is 4.01. The van der Waals surface area contributed by atoms with Crippen molar-refractivity contribution in [2.24, 2.45) is 4.99 Å². The number of halogens is 3. The molecule has 0 bridgehead atoms. The van der Waals surface area contributed by atoms with Crippen LogP contribution in [0.4, 0.5) is 4.39 Å². The van der Waals surface area contributed by atoms with Gasteiger partial charge in [0.2, 0.25) is 0 Å². The summed E-state index contributed by atoms with van der Waals surface area (Å²) < 4.78 is 36.4. The van der Waals surface area contributed by atoms with Gasteiger partial charge < -0.3 is 10.6 Å². The highest BCUT2D eigenvalue weighted by Crippen LogP contribution is 2.44. The molecule has 1 aliphatic carbocycles. The number of nitrogens with one attached hydrogen (secondary N) is 2. The van der Waals surface area contributed by atoms with E-state index in [0.717, 1.165) is 6.42 Å². The Kier molecular flexibility index (Phi) is 8.40. The molecule has 3 unspecified atom stereocenters. The average molecular weight is 504 g/mol. The standard InChI is InChI=1S/C16H23ClFN3O2S.HI/c1-10(7-8-24(3,22)23)20-16(19-2)21-14-9-11(14)15-12(17)5-4-6-13(15)18;/h4-6,10-11,14H,7-9H2,1-3H3,(H2,19,20,21);1H. The minimum absolute atomic E-state index is 0. The first-order valence-electron chi connectivity index (χ1n) is 7.82. The molecule has 1 aromatic carbocycles. The normalized spacial score (nSPS) is 21.2. The van der Waals surface area contributed by atoms with Crippen LogP contribution in [0.5, 0.6) is 0 Å². The first-order valence-corrected chi connectivity index (χ1v) is 10.3. The van der Waals surface area contributed by atoms with Crippen molar-refractivity contribution in [3.8, 4) is 0 Å². The van der Waals surface area contributed by atoms with E-state index in [-0.39, 0.29) is 53.5 Å². The Morgan fingerprint density at radius 3 is 2.72 bits per heavy atom. The van der Waals surface area contributed by atoms with Gasteiger partial charge in [0.25, 0.3) is 0 Å². The molecule has 0 amide bonds. The lowest BCUT2D eigenvalue weighted by atomic mass is 10.1. The molecule has 1 saturated carbocycles. The van der Waals surface area contributed by atoms with Crippen LogP contribution in [-0.2, 0) is 9.84 Å². The Bertz CT molecular complexity index is 710. The summed E-state index contributed by atoms with van der Waals surface area (Å²) in [7, 11) is -1.34. The Hall–Kier alpha value is -0.610. The molecule has 5 nitrogen and oxygen atoms in total. The summed E-state index contributed by atoms with van der Waals surface area (Å²) in [5.74, 6) is 0.426. The topological polar surface area (TPSA) is 70.6 Å². The van der Waals surface area contributed by atoms with Crippen LogP contribution in [0.15, 0.2) is 23.2 Å². The average Bonchev–Trinajstić information content (AvgIpc) is 3.22. The van der Waals surface area contributed by atoms with Crippen LogP contribution in [0.25, 0.3) is 0 Å². The van der Waals surface area contributed by atoms with Crippen LogP contribution in [-0.4, -0.2) is 45.5 Å². The first-order chi connectivity index (χ1) is 11.2. The Balaban J connectivity index is 0.00000312. The maximum absolute atomic E-state index is 13.9. The van der Waals surface area contributed by atoms with Crippen molar-refractivity contribution in [2.75, 3.05) is 19.1 Å². The minimum Gasteiger partial charge on any atom is -0.354 e. The van der Waals surface area contributed by atoms with Gasteiger partial charge in [-0.15, -0.1) is 24.0 Å². The van der Waals surface area contributed by atoms with Crippen molar-refractivity contribution in [3.63, 3.8) is 0 Å². The molecular weight excluding hydrogens is 480 g/mol. The summed E-state index contributed by atoms with van der Waals surface area (Å²) in [6, 6.07) is 4.72. The van der Waals surface area contributed by atoms with Crippen LogP contribution < -0.4 is 10.6 Å². The molecule has 142 valence electrons. The molecule has 9 heteroatoms. The third-order valence-corrected chi connectivity index (χ3v) is 5.32. The van der Waals surface area contributed by atoms with Gasteiger partial charge >= 0.3 is 0 Å². The van der Waals surface area contributed by atoms with Crippen LogP contribution in [0.2, 0.25) is 5.02 Å². The van der Waals surface area contributed by atoms with Crippen LogP contribution in [0.3, 0.4) is 0 Å². The summed E-state index contributed by atoms with van der Waals surface area (Å²) in [4.78, 5) is 4.14. The van der Waals surface area contributed by atoms with Crippen LogP contribution in [0, 0.1) is 5.82 Å². The molecule has 0 radical (unpaired) electrons. The molecule has 0 saturated heterocycles. The number of aliphatic imine (C=N–C) groups is 1. The lowest BCUT2D eigenvalue weighted by molar-refractivity contribution is 0.580. The Morgan fingerprint density at radius 1 is 1.48 bits per heavy atom. The predicted octanol–water partition coefficient (Wildman–Crippen LogP) is 2.94. The van der Waals surface area contributed by atoms with E-state index in [9.17, 15) is 12.8 Å². The lowest BCUT2D eigenvalue weighted by Gasteiger charge is -2.18. The van der Waals surface area contributed by atoms with E-state index in [0.29, 0.717) is 23.0 Å². The molecule has 2 rings (SSSR count). The van der Waals surface area contributed by atoms with E-state index in [2.05, 4.69) is 15.6 Å². The summed E-state index contributed by atoms with van der Waals surface area (Å²) >= 11 is 6.10. The van der Waals surface area contributed by atoms with Gasteiger partial charge in [-0.1, -0.05) is 17.7 Å². The predicted molar refractivity (Wildman–Crippen MR) is 111 cm³/mol. The van der Waals surface area contributed by atoms with Crippen molar-refractivity contribution in [3.05, 3.63) is 34.6 Å². The van der Waals surface area contributed by atoms with E-state index in [1.807, 2.05) is 6.92 Å². The molecule has 0 aliphatic heterocycles. The summed E-state index contributed by atoms with van der Waals surface area (Å²) in [6.07, 6.45) is 2.49. The van der Waals surface area contributed by atoms with Gasteiger partial charge in [-0.05, 0) is 31.9 Å². The van der Waals surface area contributed by atoms with Crippen molar-refractivity contribution >= 4 is 51.4 Å². The second-order valence-electron chi connectivity index (χ2n) is 6.26. The van der Waals surface area contributed by atoms with Gasteiger partial charge in [0.05, 0.1) is 5.75 Å². The zero-order valence-corrected chi connectivity index (χ0v) is 18.3. The number of rotatable bonds is 6. The van der Waals surface area contributed by atoms with E-state index in [4.69, 9.17) is 11.6 Å². The first kappa shape index (κ1) is 22.4. The highest BCUT2D eigenvalue weighted by molar-refractivity contribution is 14.0. The fourth-order valence-electron chi connectivity index (χ4n) is 2.58. The van der Waals surface area contributed by atoms with Gasteiger partial charge in [-0.2, -0.15) is 0 Å². The van der Waals surface area contributed by atoms with Crippen LogP contribution >= 0.6 is 35.6 Å². The summed E-state index contributed by atoms with van der Waals surface area (Å²) in [5, 5.41) is 6.83. The van der Waals surface area contributed by atoms with Crippen LogP contribution in [0.1, 0.15) is 31.2 Å². The molecular formula is C16H24ClFIN3O2S. The van der Waals surface area contributed by atoms with Gasteiger partial charge in [0.15, 0.2) is 5.96 Å². The van der Waals surface area contributed by atoms with Crippen molar-refractivity contribution < 1.29 is 12.8 Å². The highest BCUT2D eigenvalue weighted by atomic mass is 127. The number of hydrogen-bond donors (Lipinski definition) is 2. The molecule has 3 atom stereocenters. The molecule has 0 heterocycles. The molecule has 1 aliphatic rings. The number of benzene rings is 1. The molecule has 1 fully saturated rings. The SMILES string of the molecule is CN=C(NC(C)CCS(C)(=O)=O)NC1CC1c1c(F)cccc1Cl.I. The number of hydrogen-bond acceptors (Lipinski definition) is 3. The number of sulfone groups is 1. The maximum atomic E-state index is 13.9. The maximum Gasteiger partial charge on any atom is 0.191 e. The smallest absolute Gasteiger partial charge is 0.191 e. The fraction of sp³-hybridized carbons (Fsp3) is 0.562. The minimum atomic E-state index is -2.98. The number of guanidine groups is 1. The molecule has 1 aromatic rings. The van der Waals surface area contributed by atoms with Gasteiger partial charge in [0, 0.05) is 41.9 Å². The molecule has 0 aromatic heterocycles. The number of nitrogens with zero attached hydrogens (tertiary/aromatic N) is 1. The molecule has 2 N–H and O–H groups in total. The second kappa shape index (κ2) is 9.36. The van der Waals surface area contributed by atoms with E-state index in [1.54, 1.807) is 19.2 Å². The quantitative estimate of drug-likeness (QED) is 0.356. The molecule has 25 heavy (non-hydrogen) atoms. The molecule has 0 spiro atoms. The van der Waals surface area contributed by atoms with Gasteiger partial charge in [-0.25, -0.2) is 12.8 Å². The van der Waals surface area contributed by atoms with E-state index in [1.165, 1.54) is 12.3 Å². The highest BCUT2D eigenvalue weighted by Gasteiger charge is 2.42. The van der Waals surface area contributed by atoms with E-state index >= 15 is 0 Å². The van der Waals surface area contributed by atoms with Gasteiger partial charge in [0.1, 0.15) is 15.7 Å².